The van der Waals surface area contributed by atoms with Crippen LogP contribution in [0.2, 0.25) is 0 Å². The molecule has 2 nitrogen and oxygen atoms in total. The molecule has 2 heteroatoms. The molecular weight excluding hydrogens is 172 g/mol. The summed E-state index contributed by atoms with van der Waals surface area (Å²) in [6.07, 6.45) is 2.16. The van der Waals surface area contributed by atoms with E-state index < -0.39 is 0 Å². The fraction of sp³-hybridized carbons (Fsp3) is 0.667. The normalized spacial score (nSPS) is 11.6. The molecule has 1 rings (SSSR count). The van der Waals surface area contributed by atoms with E-state index in [4.69, 9.17) is 0 Å². The Hall–Kier alpha value is -0.760. The minimum Gasteiger partial charge on any atom is -0.350 e. The second kappa shape index (κ2) is 5.20. The number of hydrogen-bond acceptors (Lipinski definition) is 1. The van der Waals surface area contributed by atoms with Crippen LogP contribution >= 0.6 is 0 Å². The van der Waals surface area contributed by atoms with E-state index in [0.717, 1.165) is 13.1 Å². The highest BCUT2D eigenvalue weighted by molar-refractivity contribution is 5.07. The predicted octanol–water partition coefficient (Wildman–Crippen LogP) is 2.64. The van der Waals surface area contributed by atoms with E-state index in [1.165, 1.54) is 5.69 Å². The van der Waals surface area contributed by atoms with Crippen LogP contribution < -0.4 is 5.32 Å². The molecule has 80 valence electrons. The number of nitrogens with zero attached hydrogens (tertiary/aromatic N) is 1. The molecule has 0 fully saturated rings. The zero-order valence-electron chi connectivity index (χ0n) is 9.75. The summed E-state index contributed by atoms with van der Waals surface area (Å²) in [7, 11) is 0. The Kier molecular flexibility index (Phi) is 4.21. The summed E-state index contributed by atoms with van der Waals surface area (Å²) in [6.45, 7) is 10.9. The summed E-state index contributed by atoms with van der Waals surface area (Å²) < 4.78 is 2.33. The molecule has 0 aliphatic rings. The van der Waals surface area contributed by atoms with Crippen molar-refractivity contribution in [3.63, 3.8) is 0 Å². The molecule has 1 heterocycles. The van der Waals surface area contributed by atoms with Gasteiger partial charge in [0.15, 0.2) is 0 Å². The molecule has 0 aliphatic carbocycles. The average Bonchev–Trinajstić information content (AvgIpc) is 2.47. The van der Waals surface area contributed by atoms with Gasteiger partial charge in [0.25, 0.3) is 0 Å². The first-order valence-corrected chi connectivity index (χ1v) is 5.47. The van der Waals surface area contributed by atoms with Crippen molar-refractivity contribution in [2.45, 2.75) is 46.8 Å². The highest BCUT2D eigenvalue weighted by atomic mass is 15.0. The molecular formula is C12H22N2. The second-order valence-electron chi connectivity index (χ2n) is 4.58. The van der Waals surface area contributed by atoms with E-state index >= 15 is 0 Å². The lowest BCUT2D eigenvalue weighted by Crippen LogP contribution is -2.23. The number of aromatic nitrogens is 1. The minimum absolute atomic E-state index is 0.553. The SMILES string of the molecule is CC(C)Cn1cccc1CNC(C)C. The molecule has 1 N–H and O–H groups in total. The molecule has 0 saturated carbocycles. The Morgan fingerprint density at radius 1 is 1.29 bits per heavy atom. The van der Waals surface area contributed by atoms with Crippen molar-refractivity contribution < 1.29 is 0 Å². The topological polar surface area (TPSA) is 17.0 Å². The van der Waals surface area contributed by atoms with Crippen molar-refractivity contribution >= 4 is 0 Å². The minimum atomic E-state index is 0.553. The lowest BCUT2D eigenvalue weighted by atomic mass is 10.2. The van der Waals surface area contributed by atoms with Gasteiger partial charge in [0, 0.05) is 31.0 Å². The maximum atomic E-state index is 3.44. The van der Waals surface area contributed by atoms with Crippen molar-refractivity contribution in [3.05, 3.63) is 24.0 Å². The summed E-state index contributed by atoms with van der Waals surface area (Å²) in [5.41, 5.74) is 1.38. The first-order valence-electron chi connectivity index (χ1n) is 5.47. The van der Waals surface area contributed by atoms with Crippen LogP contribution in [0.25, 0.3) is 0 Å². The third-order valence-electron chi connectivity index (χ3n) is 2.18. The van der Waals surface area contributed by atoms with Gasteiger partial charge in [0.2, 0.25) is 0 Å². The van der Waals surface area contributed by atoms with Crippen LogP contribution in [0, 0.1) is 5.92 Å². The molecule has 14 heavy (non-hydrogen) atoms. The van der Waals surface area contributed by atoms with Crippen molar-refractivity contribution in [1.29, 1.82) is 0 Å². The van der Waals surface area contributed by atoms with Crippen LogP contribution in [0.4, 0.5) is 0 Å². The zero-order valence-corrected chi connectivity index (χ0v) is 9.75. The van der Waals surface area contributed by atoms with Crippen LogP contribution in [-0.2, 0) is 13.1 Å². The number of hydrogen-bond donors (Lipinski definition) is 1. The van der Waals surface area contributed by atoms with Crippen LogP contribution in [-0.4, -0.2) is 10.6 Å². The van der Waals surface area contributed by atoms with Gasteiger partial charge in [0.1, 0.15) is 0 Å². The van der Waals surface area contributed by atoms with E-state index in [2.05, 4.69) is 55.9 Å². The largest absolute Gasteiger partial charge is 0.350 e. The molecule has 0 aliphatic heterocycles. The molecule has 0 unspecified atom stereocenters. The highest BCUT2D eigenvalue weighted by Gasteiger charge is 2.02. The third-order valence-corrected chi connectivity index (χ3v) is 2.18. The van der Waals surface area contributed by atoms with Gasteiger partial charge in [-0.3, -0.25) is 0 Å². The van der Waals surface area contributed by atoms with Gasteiger partial charge in [-0.15, -0.1) is 0 Å². The third kappa shape index (κ3) is 3.54. The first-order chi connectivity index (χ1) is 6.59. The van der Waals surface area contributed by atoms with E-state index in [-0.39, 0.29) is 0 Å². The number of nitrogens with one attached hydrogen (secondary N) is 1. The molecule has 0 radical (unpaired) electrons. The average molecular weight is 194 g/mol. The molecule has 0 saturated heterocycles. The maximum absolute atomic E-state index is 3.44. The van der Waals surface area contributed by atoms with Crippen molar-refractivity contribution in [2.75, 3.05) is 0 Å². The van der Waals surface area contributed by atoms with Gasteiger partial charge in [-0.25, -0.2) is 0 Å². The Morgan fingerprint density at radius 3 is 2.57 bits per heavy atom. The van der Waals surface area contributed by atoms with Crippen molar-refractivity contribution in [3.8, 4) is 0 Å². The van der Waals surface area contributed by atoms with Gasteiger partial charge in [-0.2, -0.15) is 0 Å². The second-order valence-corrected chi connectivity index (χ2v) is 4.58. The Balaban J connectivity index is 2.53. The lowest BCUT2D eigenvalue weighted by molar-refractivity contribution is 0.492. The summed E-state index contributed by atoms with van der Waals surface area (Å²) in [5.74, 6) is 0.709. The summed E-state index contributed by atoms with van der Waals surface area (Å²) >= 11 is 0. The highest BCUT2D eigenvalue weighted by Crippen LogP contribution is 2.06. The number of rotatable bonds is 5. The molecule has 0 bridgehead atoms. The van der Waals surface area contributed by atoms with E-state index in [0.29, 0.717) is 12.0 Å². The van der Waals surface area contributed by atoms with Crippen LogP contribution in [0.3, 0.4) is 0 Å². The van der Waals surface area contributed by atoms with E-state index in [1.807, 2.05) is 0 Å². The summed E-state index contributed by atoms with van der Waals surface area (Å²) in [6, 6.07) is 4.87. The standard InChI is InChI=1S/C12H22N2/c1-10(2)9-14-7-5-6-12(14)8-13-11(3)4/h5-7,10-11,13H,8-9H2,1-4H3. The monoisotopic (exact) mass is 194 g/mol. The zero-order chi connectivity index (χ0) is 10.6. The van der Waals surface area contributed by atoms with E-state index in [9.17, 15) is 0 Å². The van der Waals surface area contributed by atoms with Crippen LogP contribution in [0.15, 0.2) is 18.3 Å². The molecule has 0 atom stereocenters. The lowest BCUT2D eigenvalue weighted by Gasteiger charge is -2.13. The molecule has 0 spiro atoms. The Morgan fingerprint density at radius 2 is 2.00 bits per heavy atom. The molecule has 0 aromatic carbocycles. The fourth-order valence-electron chi connectivity index (χ4n) is 1.49. The molecule has 1 aromatic heterocycles. The molecule has 0 amide bonds. The van der Waals surface area contributed by atoms with Crippen molar-refractivity contribution in [2.24, 2.45) is 5.92 Å². The van der Waals surface area contributed by atoms with Gasteiger partial charge in [-0.05, 0) is 18.1 Å². The fourth-order valence-corrected chi connectivity index (χ4v) is 1.49. The quantitative estimate of drug-likeness (QED) is 0.762. The van der Waals surface area contributed by atoms with Gasteiger partial charge in [-0.1, -0.05) is 27.7 Å². The first kappa shape index (κ1) is 11.3. The van der Waals surface area contributed by atoms with Crippen LogP contribution in [0.5, 0.6) is 0 Å². The maximum Gasteiger partial charge on any atom is 0.0361 e. The van der Waals surface area contributed by atoms with E-state index in [1.54, 1.807) is 0 Å². The predicted molar refractivity (Wildman–Crippen MR) is 61.2 cm³/mol. The van der Waals surface area contributed by atoms with Gasteiger partial charge >= 0.3 is 0 Å². The van der Waals surface area contributed by atoms with Gasteiger partial charge < -0.3 is 9.88 Å². The Bertz CT molecular complexity index is 261. The smallest absolute Gasteiger partial charge is 0.0361 e. The van der Waals surface area contributed by atoms with Crippen molar-refractivity contribution in [1.82, 2.24) is 9.88 Å². The summed E-state index contributed by atoms with van der Waals surface area (Å²) in [5, 5.41) is 3.44. The van der Waals surface area contributed by atoms with Crippen LogP contribution in [0.1, 0.15) is 33.4 Å². The molecule has 1 aromatic rings. The van der Waals surface area contributed by atoms with Gasteiger partial charge in [0.05, 0.1) is 0 Å². The Labute approximate surface area is 87.3 Å². The summed E-state index contributed by atoms with van der Waals surface area (Å²) in [4.78, 5) is 0.